The second-order valence-corrected chi connectivity index (χ2v) is 7.29. The van der Waals surface area contributed by atoms with Crippen molar-refractivity contribution in [1.82, 2.24) is 9.80 Å². The van der Waals surface area contributed by atoms with E-state index in [0.717, 1.165) is 6.54 Å². The fraction of sp³-hybridized carbons (Fsp3) is 0.455. The van der Waals surface area contributed by atoms with Crippen LogP contribution >= 0.6 is 0 Å². The zero-order valence-corrected chi connectivity index (χ0v) is 16.9. The first-order chi connectivity index (χ1) is 14.0. The zero-order valence-electron chi connectivity index (χ0n) is 16.9. The van der Waals surface area contributed by atoms with Crippen LogP contribution in [-0.2, 0) is 13.1 Å². The molecule has 2 aromatic rings. The first-order valence-corrected chi connectivity index (χ1v) is 9.76. The minimum absolute atomic E-state index is 0.0526. The number of aliphatic hydroxyl groups excluding tert-OH is 1. The van der Waals surface area contributed by atoms with Crippen molar-refractivity contribution in [3.8, 4) is 11.5 Å². The highest BCUT2D eigenvalue weighted by Gasteiger charge is 2.27. The Morgan fingerprint density at radius 3 is 2.03 bits per heavy atom. The van der Waals surface area contributed by atoms with Crippen LogP contribution in [0.3, 0.4) is 0 Å². The molecule has 0 aliphatic carbocycles. The summed E-state index contributed by atoms with van der Waals surface area (Å²) in [6.45, 7) is 3.15. The maximum atomic E-state index is 14.4. The largest absolute Gasteiger partial charge is 0.497 e. The molecule has 0 amide bonds. The number of hydrogen-bond acceptors (Lipinski definition) is 5. The first kappa shape index (κ1) is 21.5. The van der Waals surface area contributed by atoms with Gasteiger partial charge in [0.15, 0.2) is 0 Å². The molecule has 7 heteroatoms. The molecule has 1 N–H and O–H groups in total. The van der Waals surface area contributed by atoms with Crippen molar-refractivity contribution in [2.24, 2.45) is 0 Å². The molecule has 0 spiro atoms. The molecule has 158 valence electrons. The molecule has 0 aromatic heterocycles. The van der Waals surface area contributed by atoms with Crippen LogP contribution < -0.4 is 9.47 Å². The number of methoxy groups -OCH3 is 2. The van der Waals surface area contributed by atoms with Crippen molar-refractivity contribution in [3.63, 3.8) is 0 Å². The Bertz CT molecular complexity index is 819. The highest BCUT2D eigenvalue weighted by atomic mass is 19.1. The Morgan fingerprint density at radius 2 is 1.52 bits per heavy atom. The van der Waals surface area contributed by atoms with Gasteiger partial charge in [-0.3, -0.25) is 9.80 Å². The number of nitrogens with zero attached hydrogens (tertiary/aromatic N) is 2. The van der Waals surface area contributed by atoms with Gasteiger partial charge in [-0.2, -0.15) is 0 Å². The molecule has 1 atom stereocenters. The van der Waals surface area contributed by atoms with Crippen LogP contribution in [0.1, 0.15) is 17.5 Å². The Kier molecular flexibility index (Phi) is 7.41. The van der Waals surface area contributed by atoms with Gasteiger partial charge in [0.1, 0.15) is 23.1 Å². The lowest BCUT2D eigenvalue weighted by Crippen LogP contribution is -2.52. The fourth-order valence-electron chi connectivity index (χ4n) is 3.76. The molecular weight excluding hydrogens is 378 g/mol. The number of aliphatic hydroxyl groups is 1. The lowest BCUT2D eigenvalue weighted by atomic mass is 10.1. The summed E-state index contributed by atoms with van der Waals surface area (Å²) in [5, 5.41) is 9.49. The van der Waals surface area contributed by atoms with Gasteiger partial charge in [0, 0.05) is 68.6 Å². The van der Waals surface area contributed by atoms with E-state index in [1.807, 2.05) is 0 Å². The smallest absolute Gasteiger partial charge is 0.131 e. The molecule has 1 heterocycles. The van der Waals surface area contributed by atoms with E-state index in [1.54, 1.807) is 24.3 Å². The van der Waals surface area contributed by atoms with Gasteiger partial charge >= 0.3 is 0 Å². The Morgan fingerprint density at radius 1 is 0.931 bits per heavy atom. The summed E-state index contributed by atoms with van der Waals surface area (Å²) in [5.41, 5.74) is 1.21. The van der Waals surface area contributed by atoms with Crippen LogP contribution in [-0.4, -0.2) is 61.4 Å². The molecule has 0 saturated carbocycles. The summed E-state index contributed by atoms with van der Waals surface area (Å²) >= 11 is 0. The predicted octanol–water partition coefficient (Wildman–Crippen LogP) is 3.05. The standard InChI is InChI=1S/C22H28F2N2O3/c1-28-19-5-3-16(21(23)11-19)13-25-8-9-26(18(15-25)7-10-27)14-17-4-6-20(29-2)12-22(17)24/h3-6,11-12,18,27H,7-10,13-15H2,1-2H3/t18-/m1/s1. The Balaban J connectivity index is 1.66. The number of hydrogen-bond donors (Lipinski definition) is 1. The van der Waals surface area contributed by atoms with E-state index in [4.69, 9.17) is 9.47 Å². The third-order valence-electron chi connectivity index (χ3n) is 5.44. The summed E-state index contributed by atoms with van der Waals surface area (Å²) in [6.07, 6.45) is 0.583. The van der Waals surface area contributed by atoms with E-state index in [9.17, 15) is 13.9 Å². The van der Waals surface area contributed by atoms with Gasteiger partial charge in [-0.15, -0.1) is 0 Å². The van der Waals surface area contributed by atoms with Crippen LogP contribution in [0.4, 0.5) is 8.78 Å². The van der Waals surface area contributed by atoms with Crippen LogP contribution in [0.15, 0.2) is 36.4 Å². The van der Waals surface area contributed by atoms with E-state index in [0.29, 0.717) is 55.2 Å². The summed E-state index contributed by atoms with van der Waals surface area (Å²) in [6, 6.07) is 9.84. The van der Waals surface area contributed by atoms with Gasteiger partial charge in [0.25, 0.3) is 0 Å². The first-order valence-electron chi connectivity index (χ1n) is 9.76. The highest BCUT2D eigenvalue weighted by molar-refractivity contribution is 5.30. The molecular formula is C22H28F2N2O3. The van der Waals surface area contributed by atoms with Crippen molar-refractivity contribution < 1.29 is 23.4 Å². The molecule has 29 heavy (non-hydrogen) atoms. The second kappa shape index (κ2) is 10.0. The zero-order chi connectivity index (χ0) is 20.8. The molecule has 0 unspecified atom stereocenters. The lowest BCUT2D eigenvalue weighted by molar-refractivity contribution is 0.0488. The van der Waals surface area contributed by atoms with Gasteiger partial charge < -0.3 is 14.6 Å². The number of rotatable bonds is 8. The van der Waals surface area contributed by atoms with E-state index in [-0.39, 0.29) is 24.3 Å². The second-order valence-electron chi connectivity index (χ2n) is 7.29. The molecule has 5 nitrogen and oxygen atoms in total. The summed E-state index contributed by atoms with van der Waals surface area (Å²) < 4.78 is 38.8. The van der Waals surface area contributed by atoms with Crippen molar-refractivity contribution in [3.05, 3.63) is 59.2 Å². The molecule has 1 fully saturated rings. The van der Waals surface area contributed by atoms with Crippen LogP contribution in [0, 0.1) is 11.6 Å². The SMILES string of the molecule is COc1ccc(CN2CCN(Cc3ccc(OC)cc3F)[C@H](CCO)C2)c(F)c1. The predicted molar refractivity (Wildman–Crippen MR) is 107 cm³/mol. The maximum Gasteiger partial charge on any atom is 0.131 e. The Labute approximate surface area is 170 Å². The normalized spacial score (nSPS) is 18.0. The number of ether oxygens (including phenoxy) is 2. The topological polar surface area (TPSA) is 45.2 Å². The van der Waals surface area contributed by atoms with E-state index in [1.165, 1.54) is 26.4 Å². The molecule has 1 saturated heterocycles. The highest BCUT2D eigenvalue weighted by Crippen LogP contribution is 2.23. The molecule has 2 aromatic carbocycles. The van der Waals surface area contributed by atoms with E-state index >= 15 is 0 Å². The van der Waals surface area contributed by atoms with Gasteiger partial charge in [-0.25, -0.2) is 8.78 Å². The summed E-state index contributed by atoms with van der Waals surface area (Å²) in [7, 11) is 3.02. The average Bonchev–Trinajstić information content (AvgIpc) is 2.72. The van der Waals surface area contributed by atoms with Crippen molar-refractivity contribution in [2.45, 2.75) is 25.6 Å². The monoisotopic (exact) mass is 406 g/mol. The molecule has 1 aliphatic heterocycles. The summed E-state index contributed by atoms with van der Waals surface area (Å²) in [5.74, 6) is 0.404. The third kappa shape index (κ3) is 5.44. The Hall–Kier alpha value is -2.22. The minimum Gasteiger partial charge on any atom is -0.497 e. The van der Waals surface area contributed by atoms with Gasteiger partial charge in [-0.1, -0.05) is 12.1 Å². The quantitative estimate of drug-likeness (QED) is 0.730. The van der Waals surface area contributed by atoms with Crippen LogP contribution in [0.2, 0.25) is 0 Å². The van der Waals surface area contributed by atoms with Gasteiger partial charge in [0.05, 0.1) is 14.2 Å². The van der Waals surface area contributed by atoms with Gasteiger partial charge in [-0.05, 0) is 18.6 Å². The molecule has 0 radical (unpaired) electrons. The molecule has 3 rings (SSSR count). The van der Waals surface area contributed by atoms with Gasteiger partial charge in [0.2, 0.25) is 0 Å². The number of piperazine rings is 1. The molecule has 0 bridgehead atoms. The molecule has 1 aliphatic rings. The third-order valence-corrected chi connectivity index (χ3v) is 5.44. The average molecular weight is 406 g/mol. The lowest BCUT2D eigenvalue weighted by Gasteiger charge is -2.41. The van der Waals surface area contributed by atoms with E-state index in [2.05, 4.69) is 9.80 Å². The van der Waals surface area contributed by atoms with Crippen molar-refractivity contribution in [1.29, 1.82) is 0 Å². The minimum atomic E-state index is -0.296. The van der Waals surface area contributed by atoms with Crippen molar-refractivity contribution >= 4 is 0 Å². The fourth-order valence-corrected chi connectivity index (χ4v) is 3.76. The maximum absolute atomic E-state index is 14.4. The van der Waals surface area contributed by atoms with Crippen LogP contribution in [0.5, 0.6) is 11.5 Å². The van der Waals surface area contributed by atoms with Crippen LogP contribution in [0.25, 0.3) is 0 Å². The summed E-state index contributed by atoms with van der Waals surface area (Å²) in [4.78, 5) is 4.36. The number of benzene rings is 2. The van der Waals surface area contributed by atoms with E-state index < -0.39 is 0 Å². The number of halogens is 2. The van der Waals surface area contributed by atoms with Crippen molar-refractivity contribution in [2.75, 3.05) is 40.5 Å².